The van der Waals surface area contributed by atoms with E-state index < -0.39 is 0 Å². The summed E-state index contributed by atoms with van der Waals surface area (Å²) in [6.45, 7) is 9.87. The topological polar surface area (TPSA) is 35.7 Å². The molecule has 3 saturated heterocycles. The summed E-state index contributed by atoms with van der Waals surface area (Å²) in [4.78, 5) is 7.89. The van der Waals surface area contributed by atoms with E-state index >= 15 is 0 Å². The largest absolute Gasteiger partial charge is 0.329 e. The number of likely N-dealkylation sites (tertiary alicyclic amines) is 3. The minimum atomic E-state index is 0.311. The summed E-state index contributed by atoms with van der Waals surface area (Å²) in [7, 11) is 2.24. The SMILES string of the molecule is CN1CCC(CN)(N2CCC(CN3CCCC3)CC2)CC1. The average molecular weight is 294 g/mol. The van der Waals surface area contributed by atoms with Crippen molar-refractivity contribution in [1.29, 1.82) is 0 Å². The minimum absolute atomic E-state index is 0.311. The van der Waals surface area contributed by atoms with Crippen LogP contribution in [0.25, 0.3) is 0 Å². The molecule has 3 fully saturated rings. The quantitative estimate of drug-likeness (QED) is 0.846. The molecule has 0 radical (unpaired) electrons. The van der Waals surface area contributed by atoms with Gasteiger partial charge in [0.2, 0.25) is 0 Å². The van der Waals surface area contributed by atoms with Crippen LogP contribution in [-0.2, 0) is 0 Å². The molecule has 2 N–H and O–H groups in total. The molecule has 0 saturated carbocycles. The van der Waals surface area contributed by atoms with Crippen LogP contribution >= 0.6 is 0 Å². The molecule has 0 spiro atoms. The highest BCUT2D eigenvalue weighted by molar-refractivity contribution is 4.97. The lowest BCUT2D eigenvalue weighted by Crippen LogP contribution is -2.60. The number of piperidine rings is 2. The van der Waals surface area contributed by atoms with E-state index in [1.807, 2.05) is 0 Å². The van der Waals surface area contributed by atoms with Crippen LogP contribution in [0.15, 0.2) is 0 Å². The molecule has 0 aromatic heterocycles. The van der Waals surface area contributed by atoms with Gasteiger partial charge < -0.3 is 15.5 Å². The molecule has 3 aliphatic rings. The smallest absolute Gasteiger partial charge is 0.0356 e. The van der Waals surface area contributed by atoms with Crippen molar-refractivity contribution in [2.24, 2.45) is 11.7 Å². The predicted molar refractivity (Wildman–Crippen MR) is 88.5 cm³/mol. The summed E-state index contributed by atoms with van der Waals surface area (Å²) in [5.74, 6) is 0.931. The van der Waals surface area contributed by atoms with Gasteiger partial charge in [0.15, 0.2) is 0 Å². The lowest BCUT2D eigenvalue weighted by molar-refractivity contribution is 0.00627. The second-order valence-corrected chi connectivity index (χ2v) is 7.67. The summed E-state index contributed by atoms with van der Waals surface area (Å²) in [5, 5.41) is 0. The van der Waals surface area contributed by atoms with Gasteiger partial charge in [-0.3, -0.25) is 4.90 Å². The maximum atomic E-state index is 6.21. The third kappa shape index (κ3) is 3.61. The third-order valence-electron chi connectivity index (χ3n) is 6.30. The van der Waals surface area contributed by atoms with Gasteiger partial charge in [0.1, 0.15) is 0 Å². The molecule has 3 aliphatic heterocycles. The molecule has 0 atom stereocenters. The molecule has 0 aliphatic carbocycles. The monoisotopic (exact) mass is 294 g/mol. The lowest BCUT2D eigenvalue weighted by atomic mass is 9.83. The van der Waals surface area contributed by atoms with Gasteiger partial charge in [-0.05, 0) is 90.8 Å². The molecular formula is C17H34N4. The zero-order valence-corrected chi connectivity index (χ0v) is 13.9. The van der Waals surface area contributed by atoms with E-state index in [0.29, 0.717) is 5.54 Å². The maximum absolute atomic E-state index is 6.21. The fraction of sp³-hybridized carbons (Fsp3) is 1.00. The van der Waals surface area contributed by atoms with Crippen molar-refractivity contribution < 1.29 is 0 Å². The Morgan fingerprint density at radius 3 is 2.14 bits per heavy atom. The van der Waals surface area contributed by atoms with E-state index in [2.05, 4.69) is 21.7 Å². The molecule has 4 nitrogen and oxygen atoms in total. The Morgan fingerprint density at radius 2 is 1.57 bits per heavy atom. The first-order valence-electron chi connectivity index (χ1n) is 9.08. The van der Waals surface area contributed by atoms with E-state index in [1.165, 1.54) is 84.3 Å². The van der Waals surface area contributed by atoms with Crippen LogP contribution < -0.4 is 5.73 Å². The lowest BCUT2D eigenvalue weighted by Gasteiger charge is -2.50. The van der Waals surface area contributed by atoms with Gasteiger partial charge in [0.25, 0.3) is 0 Å². The Bertz CT molecular complexity index is 311. The molecule has 0 unspecified atom stereocenters. The molecule has 3 rings (SSSR count). The summed E-state index contributed by atoms with van der Waals surface area (Å²) in [5.41, 5.74) is 6.52. The van der Waals surface area contributed by atoms with Crippen LogP contribution in [0.4, 0.5) is 0 Å². The van der Waals surface area contributed by atoms with Gasteiger partial charge in [-0.1, -0.05) is 0 Å². The van der Waals surface area contributed by atoms with Gasteiger partial charge in [0.05, 0.1) is 0 Å². The van der Waals surface area contributed by atoms with Crippen LogP contribution in [0.5, 0.6) is 0 Å². The number of nitrogens with two attached hydrogens (primary N) is 1. The Kier molecular flexibility index (Phi) is 5.20. The Balaban J connectivity index is 1.49. The predicted octanol–water partition coefficient (Wildman–Crippen LogP) is 1.22. The summed E-state index contributed by atoms with van der Waals surface area (Å²) in [6, 6.07) is 0. The van der Waals surface area contributed by atoms with E-state index in [4.69, 9.17) is 5.73 Å². The highest BCUT2D eigenvalue weighted by atomic mass is 15.2. The van der Waals surface area contributed by atoms with Crippen LogP contribution in [0.3, 0.4) is 0 Å². The molecule has 122 valence electrons. The van der Waals surface area contributed by atoms with Crippen LogP contribution in [0.2, 0.25) is 0 Å². The fourth-order valence-electron chi connectivity index (χ4n) is 4.60. The van der Waals surface area contributed by atoms with Crippen molar-refractivity contribution in [2.45, 2.75) is 44.1 Å². The van der Waals surface area contributed by atoms with Crippen molar-refractivity contribution in [3.05, 3.63) is 0 Å². The molecule has 0 aromatic carbocycles. The molecule has 0 aromatic rings. The first-order chi connectivity index (χ1) is 10.2. The second kappa shape index (κ2) is 6.95. The van der Waals surface area contributed by atoms with E-state index in [-0.39, 0.29) is 0 Å². The summed E-state index contributed by atoms with van der Waals surface area (Å²) in [6.07, 6.45) is 8.13. The number of rotatable bonds is 4. The molecule has 0 amide bonds. The van der Waals surface area contributed by atoms with Crippen LogP contribution in [-0.4, -0.2) is 79.6 Å². The third-order valence-corrected chi connectivity index (χ3v) is 6.30. The first-order valence-corrected chi connectivity index (χ1v) is 9.08. The van der Waals surface area contributed by atoms with Crippen molar-refractivity contribution >= 4 is 0 Å². The number of hydrogen-bond donors (Lipinski definition) is 1. The molecule has 21 heavy (non-hydrogen) atoms. The fourth-order valence-corrected chi connectivity index (χ4v) is 4.60. The molecule has 4 heteroatoms. The van der Waals surface area contributed by atoms with Gasteiger partial charge in [-0.2, -0.15) is 0 Å². The first kappa shape index (κ1) is 15.7. The molecule has 3 heterocycles. The second-order valence-electron chi connectivity index (χ2n) is 7.67. The standard InChI is InChI=1S/C17H34N4/c1-19-12-6-17(15-18,7-13-19)21-10-4-16(5-11-21)14-20-8-2-3-9-20/h16H,2-15,18H2,1H3. The normalized spacial score (nSPS) is 30.0. The van der Waals surface area contributed by atoms with Crippen molar-refractivity contribution in [2.75, 3.05) is 59.4 Å². The van der Waals surface area contributed by atoms with Crippen LogP contribution in [0.1, 0.15) is 38.5 Å². The van der Waals surface area contributed by atoms with Gasteiger partial charge >= 0.3 is 0 Å². The number of nitrogens with zero attached hydrogens (tertiary/aromatic N) is 3. The van der Waals surface area contributed by atoms with Crippen molar-refractivity contribution in [1.82, 2.24) is 14.7 Å². The zero-order valence-electron chi connectivity index (χ0n) is 13.9. The van der Waals surface area contributed by atoms with Gasteiger partial charge in [-0.25, -0.2) is 0 Å². The summed E-state index contributed by atoms with van der Waals surface area (Å²) >= 11 is 0. The minimum Gasteiger partial charge on any atom is -0.329 e. The van der Waals surface area contributed by atoms with Crippen molar-refractivity contribution in [3.8, 4) is 0 Å². The van der Waals surface area contributed by atoms with E-state index in [9.17, 15) is 0 Å². The summed E-state index contributed by atoms with van der Waals surface area (Å²) < 4.78 is 0. The Labute approximate surface area is 130 Å². The molecule has 0 bridgehead atoms. The highest BCUT2D eigenvalue weighted by Crippen LogP contribution is 2.32. The highest BCUT2D eigenvalue weighted by Gasteiger charge is 2.39. The zero-order chi connectivity index (χ0) is 14.7. The Hall–Kier alpha value is -0.160. The van der Waals surface area contributed by atoms with E-state index in [0.717, 1.165) is 12.5 Å². The van der Waals surface area contributed by atoms with E-state index in [1.54, 1.807) is 0 Å². The average Bonchev–Trinajstić information content (AvgIpc) is 3.02. The molecular weight excluding hydrogens is 260 g/mol. The van der Waals surface area contributed by atoms with Crippen molar-refractivity contribution in [3.63, 3.8) is 0 Å². The number of hydrogen-bond acceptors (Lipinski definition) is 4. The van der Waals surface area contributed by atoms with Gasteiger partial charge in [0, 0.05) is 18.6 Å². The van der Waals surface area contributed by atoms with Crippen LogP contribution in [0, 0.1) is 5.92 Å². The Morgan fingerprint density at radius 1 is 0.952 bits per heavy atom. The van der Waals surface area contributed by atoms with Gasteiger partial charge in [-0.15, -0.1) is 0 Å². The maximum Gasteiger partial charge on any atom is 0.0356 e.